The third-order valence-corrected chi connectivity index (χ3v) is 8.80. The fraction of sp³-hybridized carbons (Fsp3) is 0.440. The van der Waals surface area contributed by atoms with Gasteiger partial charge in [-0.25, -0.2) is 0 Å². The number of hydrogen-bond acceptors (Lipinski definition) is 22. The van der Waals surface area contributed by atoms with Crippen molar-refractivity contribution in [2.24, 2.45) is 0 Å². The standard InChI is InChI=1S/C22H32N2O8.C14H16N2O8.C6H8N2.C4H7BrO2.C2H3N.C2H6O/c1-5-29-19(25)13-23(14-20(26)30-6-2)17-11-9-10-12-18(17)24(15-21(27)31-7-3)16-22(28)32-8-4;17-11(18)5-15(6-12(19)20)9-3-1-2-4-10(9)16(7-13(21)22)8-14(23)24;7-5-3-1-2-4-6(5)8;1-2-7-4(6)3-5;2*1-2-3/h9-12H,5-8,13-16H2,1-4H3;1-4H,5-8H2,(H,17,18)(H,19,20)(H,21,22)(H,23,24);1-4H,7-8H2;2-3H2,1H3;1H3;3H,2H2,1H3. The van der Waals surface area contributed by atoms with Crippen LogP contribution >= 0.6 is 15.9 Å². The molecule has 0 bridgehead atoms. The number of aliphatic carboxylic acids is 4. The van der Waals surface area contributed by atoms with Gasteiger partial charge in [0.05, 0.1) is 73.2 Å². The summed E-state index contributed by atoms with van der Waals surface area (Å²) in [5, 5.41) is 50.9. The number of alkyl halides is 1. The molecule has 0 atom stereocenters. The second-order valence-electron chi connectivity index (χ2n) is 14.3. The molecule has 0 spiro atoms. The van der Waals surface area contributed by atoms with Crippen molar-refractivity contribution in [1.82, 2.24) is 0 Å². The van der Waals surface area contributed by atoms with Crippen LogP contribution in [0.3, 0.4) is 0 Å². The normalized spacial score (nSPS) is 9.35. The van der Waals surface area contributed by atoms with Gasteiger partial charge >= 0.3 is 53.7 Å². The van der Waals surface area contributed by atoms with Crippen LogP contribution in [0.4, 0.5) is 34.1 Å². The molecule has 0 fully saturated rings. The van der Waals surface area contributed by atoms with E-state index in [1.807, 2.05) is 12.1 Å². The topological polar surface area (TPSA) is 390 Å². The van der Waals surface area contributed by atoms with Crippen molar-refractivity contribution in [3.05, 3.63) is 72.8 Å². The van der Waals surface area contributed by atoms with Gasteiger partial charge < -0.3 is 80.3 Å². The van der Waals surface area contributed by atoms with Crippen LogP contribution in [-0.2, 0) is 66.8 Å². The van der Waals surface area contributed by atoms with E-state index in [0.29, 0.717) is 34.7 Å². The Balaban J connectivity index is -0.00000105. The highest BCUT2D eigenvalue weighted by Gasteiger charge is 2.26. The minimum absolute atomic E-state index is 0.116. The number of ether oxygens (including phenoxy) is 5. The number of hydrogen-bond donors (Lipinski definition) is 7. The van der Waals surface area contributed by atoms with E-state index in [4.69, 9.17) is 61.2 Å². The molecule has 0 saturated heterocycles. The lowest BCUT2D eigenvalue weighted by atomic mass is 10.2. The number of para-hydroxylation sites is 6. The molecule has 0 aromatic heterocycles. The maximum absolute atomic E-state index is 12.2. The van der Waals surface area contributed by atoms with E-state index in [1.54, 1.807) is 84.0 Å². The summed E-state index contributed by atoms with van der Waals surface area (Å²) in [5.41, 5.74) is 13.2. The average molecular weight is 1160 g/mol. The first-order chi connectivity index (χ1) is 36.5. The van der Waals surface area contributed by atoms with Crippen molar-refractivity contribution in [3.8, 4) is 6.07 Å². The molecule has 0 aliphatic heterocycles. The summed E-state index contributed by atoms with van der Waals surface area (Å²) >= 11 is 2.94. The zero-order chi connectivity index (χ0) is 59.3. The number of aliphatic hydroxyl groups excluding tert-OH is 1. The Labute approximate surface area is 455 Å². The molecule has 0 radical (unpaired) electrons. The first-order valence-corrected chi connectivity index (χ1v) is 24.5. The Bertz CT molecular complexity index is 2090. The van der Waals surface area contributed by atoms with Crippen LogP contribution in [-0.4, -0.2) is 177 Å². The Morgan fingerprint density at radius 1 is 0.442 bits per heavy atom. The van der Waals surface area contributed by atoms with Crippen LogP contribution in [0.25, 0.3) is 0 Å². The first kappa shape index (κ1) is 72.9. The number of esters is 5. The molecule has 26 nitrogen and oxygen atoms in total. The second kappa shape index (κ2) is 45.0. The highest BCUT2D eigenvalue weighted by Crippen LogP contribution is 2.31. The molecule has 77 heavy (non-hydrogen) atoms. The molecule has 0 heterocycles. The minimum Gasteiger partial charge on any atom is -0.480 e. The number of carboxylic acid groups (broad SMARTS) is 4. The molecular weight excluding hydrogens is 1080 g/mol. The summed E-state index contributed by atoms with van der Waals surface area (Å²) in [6, 6.07) is 21.6. The summed E-state index contributed by atoms with van der Waals surface area (Å²) in [5.74, 6) is -7.47. The zero-order valence-corrected chi connectivity index (χ0v) is 45.8. The molecule has 3 aromatic rings. The number of carbonyl (C=O) groups is 9. The number of nitrogens with zero attached hydrogens (tertiary/aromatic N) is 5. The fourth-order valence-electron chi connectivity index (χ4n) is 5.72. The van der Waals surface area contributed by atoms with Gasteiger partial charge in [0.2, 0.25) is 0 Å². The van der Waals surface area contributed by atoms with Crippen molar-refractivity contribution in [2.75, 3.05) is 128 Å². The van der Waals surface area contributed by atoms with Gasteiger partial charge in [0.15, 0.2) is 0 Å². The second-order valence-corrected chi connectivity index (χ2v) is 14.9. The van der Waals surface area contributed by atoms with Crippen molar-refractivity contribution in [1.29, 1.82) is 5.26 Å². The van der Waals surface area contributed by atoms with E-state index in [9.17, 15) is 43.2 Å². The first-order valence-electron chi connectivity index (χ1n) is 23.4. The molecule has 0 amide bonds. The highest BCUT2D eigenvalue weighted by molar-refractivity contribution is 9.09. The lowest BCUT2D eigenvalue weighted by molar-refractivity contribution is -0.144. The van der Waals surface area contributed by atoms with Gasteiger partial charge in [-0.15, -0.1) is 0 Å². The molecule has 3 aromatic carbocycles. The molecule has 27 heteroatoms. The van der Waals surface area contributed by atoms with Gasteiger partial charge in [-0.3, -0.25) is 43.2 Å². The number of nitriles is 1. The fourth-order valence-corrected chi connectivity index (χ4v) is 5.88. The Morgan fingerprint density at radius 3 is 0.779 bits per heavy atom. The van der Waals surface area contributed by atoms with Crippen LogP contribution in [0.15, 0.2) is 72.8 Å². The summed E-state index contributed by atoms with van der Waals surface area (Å²) in [7, 11) is 0. The number of anilines is 6. The number of benzene rings is 3. The van der Waals surface area contributed by atoms with E-state index in [0.717, 1.165) is 9.80 Å². The van der Waals surface area contributed by atoms with E-state index in [-0.39, 0.29) is 76.6 Å². The number of nitrogen functional groups attached to an aromatic ring is 2. The van der Waals surface area contributed by atoms with Gasteiger partial charge in [0.25, 0.3) is 0 Å². The lowest BCUT2D eigenvalue weighted by Gasteiger charge is -2.30. The molecule has 0 saturated carbocycles. The molecule has 9 N–H and O–H groups in total. The quantitative estimate of drug-likeness (QED) is 0.0262. The largest absolute Gasteiger partial charge is 0.480 e. The van der Waals surface area contributed by atoms with E-state index in [1.165, 1.54) is 41.0 Å². The number of nitrogens with two attached hydrogens (primary N) is 2. The molecule has 3 rings (SSSR count). The van der Waals surface area contributed by atoms with Crippen molar-refractivity contribution >= 4 is 104 Å². The SMILES string of the molecule is CC#N.CCO.CCOC(=O)CBr.CCOC(=O)CN(CC(=O)OCC)c1ccccc1N(CC(=O)OCC)CC(=O)OCC.Nc1ccccc1N.O=C(O)CN(CC(=O)O)c1ccccc1N(CC(=O)O)CC(=O)O. The molecule has 0 unspecified atom stereocenters. The number of carbonyl (C=O) groups excluding carboxylic acids is 5. The van der Waals surface area contributed by atoms with Crippen LogP contribution < -0.4 is 31.1 Å². The smallest absolute Gasteiger partial charge is 0.325 e. The highest BCUT2D eigenvalue weighted by atomic mass is 79.9. The Kier molecular flexibility index (Phi) is 42.6. The van der Waals surface area contributed by atoms with Crippen molar-refractivity contribution < 1.29 is 92.4 Å². The van der Waals surface area contributed by atoms with Crippen LogP contribution in [0.1, 0.15) is 48.5 Å². The molecule has 0 aliphatic carbocycles. The predicted octanol–water partition coefficient (Wildman–Crippen LogP) is 3.51. The minimum atomic E-state index is -1.28. The maximum Gasteiger partial charge on any atom is 0.325 e. The van der Waals surface area contributed by atoms with E-state index >= 15 is 0 Å². The van der Waals surface area contributed by atoms with Gasteiger partial charge in [-0.1, -0.05) is 52.3 Å². The third kappa shape index (κ3) is 36.3. The predicted molar refractivity (Wildman–Crippen MR) is 289 cm³/mol. The summed E-state index contributed by atoms with van der Waals surface area (Å²) in [4.78, 5) is 108. The lowest BCUT2D eigenvalue weighted by Crippen LogP contribution is -2.40. The van der Waals surface area contributed by atoms with E-state index in [2.05, 4.69) is 20.7 Å². The van der Waals surface area contributed by atoms with Gasteiger partial charge in [-0.2, -0.15) is 5.26 Å². The van der Waals surface area contributed by atoms with Crippen molar-refractivity contribution in [3.63, 3.8) is 0 Å². The van der Waals surface area contributed by atoms with Gasteiger partial charge in [0, 0.05) is 13.5 Å². The van der Waals surface area contributed by atoms with Crippen LogP contribution in [0, 0.1) is 11.3 Å². The number of halogens is 1. The zero-order valence-electron chi connectivity index (χ0n) is 44.3. The summed E-state index contributed by atoms with van der Waals surface area (Å²) in [6.45, 7) is 9.61. The maximum atomic E-state index is 12.2. The van der Waals surface area contributed by atoms with Gasteiger partial charge in [0.1, 0.15) is 57.7 Å². The van der Waals surface area contributed by atoms with E-state index < -0.39 is 73.9 Å². The summed E-state index contributed by atoms with van der Waals surface area (Å²) in [6.07, 6.45) is 0. The molecular formula is C50H72BrN7O19. The number of aliphatic hydroxyl groups is 1. The Hall–Kier alpha value is -8.38. The van der Waals surface area contributed by atoms with Crippen molar-refractivity contribution in [2.45, 2.75) is 48.5 Å². The number of rotatable bonds is 26. The molecule has 0 aliphatic rings. The third-order valence-electron chi connectivity index (χ3n) is 8.34. The average Bonchev–Trinajstić information content (AvgIpc) is 3.35. The Morgan fingerprint density at radius 2 is 0.623 bits per heavy atom. The monoisotopic (exact) mass is 1150 g/mol. The van der Waals surface area contributed by atoms with Crippen LogP contribution in [0.2, 0.25) is 0 Å². The van der Waals surface area contributed by atoms with Gasteiger partial charge in [-0.05, 0) is 77.9 Å². The van der Waals surface area contributed by atoms with Crippen LogP contribution in [0.5, 0.6) is 0 Å². The number of carboxylic acids is 4. The molecule has 428 valence electrons. The summed E-state index contributed by atoms with van der Waals surface area (Å²) < 4.78 is 24.6.